The number of aryl methyl sites for hydroxylation is 2. The topological polar surface area (TPSA) is 46.2 Å². The molecule has 0 aliphatic heterocycles. The van der Waals surface area contributed by atoms with E-state index in [0.29, 0.717) is 5.75 Å². The molecule has 2 rings (SSSR count). The molecular weight excluding hydrogens is 174 g/mol. The predicted molar refractivity (Wildman–Crippen MR) is 57.3 cm³/mol. The summed E-state index contributed by atoms with van der Waals surface area (Å²) < 4.78 is 0. The highest BCUT2D eigenvalue weighted by Gasteiger charge is 2.37. The largest absolute Gasteiger partial charge is 0.508 e. The van der Waals surface area contributed by atoms with Gasteiger partial charge in [-0.25, -0.2) is 0 Å². The molecule has 14 heavy (non-hydrogen) atoms. The van der Waals surface area contributed by atoms with Gasteiger partial charge in [-0.05, 0) is 55.9 Å². The minimum Gasteiger partial charge on any atom is -0.508 e. The number of rotatable bonds is 3. The Bertz CT molecular complexity index is 342. The molecular formula is C12H17NO. The maximum Gasteiger partial charge on any atom is 0.115 e. The molecule has 1 saturated carbocycles. The average Bonchev–Trinajstić information content (AvgIpc) is 2.83. The first kappa shape index (κ1) is 9.53. The Hall–Kier alpha value is -1.02. The first-order valence-electron chi connectivity index (χ1n) is 5.16. The van der Waals surface area contributed by atoms with Crippen molar-refractivity contribution in [1.82, 2.24) is 0 Å². The fourth-order valence-electron chi connectivity index (χ4n) is 1.75. The summed E-state index contributed by atoms with van der Waals surface area (Å²) in [5, 5.41) is 9.25. The van der Waals surface area contributed by atoms with Crippen molar-refractivity contribution in [3.8, 4) is 5.75 Å². The molecule has 0 saturated heterocycles. The molecule has 0 bridgehead atoms. The zero-order valence-corrected chi connectivity index (χ0v) is 8.59. The first-order valence-corrected chi connectivity index (χ1v) is 5.16. The van der Waals surface area contributed by atoms with E-state index in [1.807, 2.05) is 19.1 Å². The van der Waals surface area contributed by atoms with E-state index in [2.05, 4.69) is 0 Å². The minimum atomic E-state index is 0.129. The third-order valence-electron chi connectivity index (χ3n) is 3.11. The van der Waals surface area contributed by atoms with E-state index >= 15 is 0 Å². The average molecular weight is 191 g/mol. The molecule has 1 aromatic carbocycles. The maximum absolute atomic E-state index is 9.25. The summed E-state index contributed by atoms with van der Waals surface area (Å²) in [4.78, 5) is 0. The van der Waals surface area contributed by atoms with E-state index < -0.39 is 0 Å². The summed E-state index contributed by atoms with van der Waals surface area (Å²) in [5.41, 5.74) is 8.62. The van der Waals surface area contributed by atoms with E-state index in [-0.39, 0.29) is 5.54 Å². The second kappa shape index (κ2) is 3.28. The Morgan fingerprint density at radius 2 is 2.14 bits per heavy atom. The molecule has 2 heteroatoms. The van der Waals surface area contributed by atoms with Gasteiger partial charge >= 0.3 is 0 Å². The van der Waals surface area contributed by atoms with Gasteiger partial charge in [0.05, 0.1) is 0 Å². The lowest BCUT2D eigenvalue weighted by atomic mass is 10.00. The molecule has 76 valence electrons. The van der Waals surface area contributed by atoms with Crippen LogP contribution in [0.3, 0.4) is 0 Å². The number of hydrogen-bond acceptors (Lipinski definition) is 2. The van der Waals surface area contributed by atoms with Crippen LogP contribution < -0.4 is 5.73 Å². The fourth-order valence-corrected chi connectivity index (χ4v) is 1.75. The van der Waals surface area contributed by atoms with Crippen molar-refractivity contribution in [3.63, 3.8) is 0 Å². The van der Waals surface area contributed by atoms with Gasteiger partial charge in [-0.15, -0.1) is 0 Å². The normalized spacial score (nSPS) is 18.1. The second-order valence-corrected chi connectivity index (χ2v) is 4.47. The molecule has 1 fully saturated rings. The fraction of sp³-hybridized carbons (Fsp3) is 0.500. The Labute approximate surface area is 84.7 Å². The van der Waals surface area contributed by atoms with Crippen molar-refractivity contribution in [1.29, 1.82) is 0 Å². The van der Waals surface area contributed by atoms with Crippen LogP contribution in [0.4, 0.5) is 0 Å². The summed E-state index contributed by atoms with van der Waals surface area (Å²) in [6, 6.07) is 5.56. The van der Waals surface area contributed by atoms with Crippen molar-refractivity contribution < 1.29 is 5.11 Å². The van der Waals surface area contributed by atoms with Gasteiger partial charge < -0.3 is 10.8 Å². The molecule has 1 aliphatic carbocycles. The Morgan fingerprint density at radius 3 is 2.71 bits per heavy atom. The minimum absolute atomic E-state index is 0.129. The number of hydrogen-bond donors (Lipinski definition) is 2. The van der Waals surface area contributed by atoms with Crippen LogP contribution >= 0.6 is 0 Å². The molecule has 0 atom stereocenters. The van der Waals surface area contributed by atoms with Crippen molar-refractivity contribution in [2.24, 2.45) is 5.73 Å². The van der Waals surface area contributed by atoms with Crippen LogP contribution in [0, 0.1) is 6.92 Å². The summed E-state index contributed by atoms with van der Waals surface area (Å²) >= 11 is 0. The van der Waals surface area contributed by atoms with Crippen LogP contribution in [-0.4, -0.2) is 10.6 Å². The van der Waals surface area contributed by atoms with Crippen LogP contribution in [0.1, 0.15) is 30.4 Å². The van der Waals surface area contributed by atoms with E-state index in [1.54, 1.807) is 6.07 Å². The summed E-state index contributed by atoms with van der Waals surface area (Å²) in [7, 11) is 0. The first-order chi connectivity index (χ1) is 6.59. The molecule has 0 aromatic heterocycles. The highest BCUT2D eigenvalue weighted by Crippen LogP contribution is 2.36. The molecule has 0 unspecified atom stereocenters. The number of phenolic OH excluding ortho intramolecular Hbond substituents is 1. The smallest absolute Gasteiger partial charge is 0.115 e. The monoisotopic (exact) mass is 191 g/mol. The Kier molecular flexibility index (Phi) is 2.23. The van der Waals surface area contributed by atoms with Crippen LogP contribution in [0.5, 0.6) is 5.75 Å². The van der Waals surface area contributed by atoms with Gasteiger partial charge in [0, 0.05) is 5.54 Å². The SMILES string of the molecule is Cc1cc(O)ccc1CCC1(N)CC1. The summed E-state index contributed by atoms with van der Waals surface area (Å²) in [6.07, 6.45) is 4.44. The van der Waals surface area contributed by atoms with Crippen molar-refractivity contribution >= 4 is 0 Å². The van der Waals surface area contributed by atoms with Gasteiger partial charge in [0.1, 0.15) is 5.75 Å². The highest BCUT2D eigenvalue weighted by molar-refractivity contribution is 5.34. The van der Waals surface area contributed by atoms with Crippen molar-refractivity contribution in [3.05, 3.63) is 29.3 Å². The van der Waals surface area contributed by atoms with Crippen LogP contribution in [0.2, 0.25) is 0 Å². The van der Waals surface area contributed by atoms with E-state index in [0.717, 1.165) is 18.4 Å². The highest BCUT2D eigenvalue weighted by atomic mass is 16.3. The summed E-state index contributed by atoms with van der Waals surface area (Å²) in [5.74, 6) is 0.347. The molecule has 0 spiro atoms. The predicted octanol–water partition coefficient (Wildman–Crippen LogP) is 2.12. The van der Waals surface area contributed by atoms with Crippen LogP contribution in [-0.2, 0) is 6.42 Å². The van der Waals surface area contributed by atoms with Gasteiger partial charge in [0.15, 0.2) is 0 Å². The Balaban J connectivity index is 2.02. The zero-order chi connectivity index (χ0) is 10.2. The number of phenols is 1. The van der Waals surface area contributed by atoms with Crippen LogP contribution in [0.25, 0.3) is 0 Å². The van der Waals surface area contributed by atoms with Gasteiger partial charge in [0.2, 0.25) is 0 Å². The number of benzene rings is 1. The molecule has 0 heterocycles. The van der Waals surface area contributed by atoms with Gasteiger partial charge in [-0.2, -0.15) is 0 Å². The zero-order valence-electron chi connectivity index (χ0n) is 8.59. The summed E-state index contributed by atoms with van der Waals surface area (Å²) in [6.45, 7) is 2.03. The maximum atomic E-state index is 9.25. The third kappa shape index (κ3) is 2.07. The van der Waals surface area contributed by atoms with Gasteiger partial charge in [-0.3, -0.25) is 0 Å². The molecule has 0 amide bonds. The van der Waals surface area contributed by atoms with E-state index in [4.69, 9.17) is 5.73 Å². The lowest BCUT2D eigenvalue weighted by Gasteiger charge is -2.10. The lowest BCUT2D eigenvalue weighted by molar-refractivity contribution is 0.474. The second-order valence-electron chi connectivity index (χ2n) is 4.47. The van der Waals surface area contributed by atoms with Gasteiger partial charge in [-0.1, -0.05) is 6.07 Å². The quantitative estimate of drug-likeness (QED) is 0.768. The molecule has 3 N–H and O–H groups in total. The molecule has 2 nitrogen and oxygen atoms in total. The Morgan fingerprint density at radius 1 is 1.43 bits per heavy atom. The van der Waals surface area contributed by atoms with E-state index in [1.165, 1.54) is 18.4 Å². The number of nitrogens with two attached hydrogens (primary N) is 1. The lowest BCUT2D eigenvalue weighted by Crippen LogP contribution is -2.22. The van der Waals surface area contributed by atoms with Crippen LogP contribution in [0.15, 0.2) is 18.2 Å². The molecule has 0 radical (unpaired) electrons. The third-order valence-corrected chi connectivity index (χ3v) is 3.11. The molecule has 1 aliphatic rings. The van der Waals surface area contributed by atoms with Crippen molar-refractivity contribution in [2.75, 3.05) is 0 Å². The van der Waals surface area contributed by atoms with Gasteiger partial charge in [0.25, 0.3) is 0 Å². The number of aromatic hydroxyl groups is 1. The van der Waals surface area contributed by atoms with E-state index in [9.17, 15) is 5.11 Å². The van der Waals surface area contributed by atoms with Crippen molar-refractivity contribution in [2.45, 2.75) is 38.1 Å². The molecule has 1 aromatic rings. The standard InChI is InChI=1S/C12H17NO/c1-9-8-11(14)3-2-10(9)4-5-12(13)6-7-12/h2-3,8,14H,4-7,13H2,1H3.